The van der Waals surface area contributed by atoms with Crippen LogP contribution < -0.4 is 5.32 Å². The Morgan fingerprint density at radius 2 is 2.00 bits per heavy atom. The lowest BCUT2D eigenvalue weighted by molar-refractivity contribution is -0.142. The molecule has 0 saturated carbocycles. The molecule has 1 aromatic rings. The number of rotatable bonds is 9. The van der Waals surface area contributed by atoms with E-state index in [0.717, 1.165) is 6.54 Å². The van der Waals surface area contributed by atoms with Crippen molar-refractivity contribution in [3.63, 3.8) is 0 Å². The second-order valence-electron chi connectivity index (χ2n) is 3.84. The van der Waals surface area contributed by atoms with E-state index in [0.29, 0.717) is 32.8 Å². The molecule has 0 radical (unpaired) electrons. The van der Waals surface area contributed by atoms with E-state index < -0.39 is 0 Å². The number of benzene rings is 1. The molecule has 0 atom stereocenters. The molecule has 1 rings (SSSR count). The van der Waals surface area contributed by atoms with Gasteiger partial charge in [0.25, 0.3) is 0 Å². The molecule has 0 aliphatic carbocycles. The lowest BCUT2D eigenvalue weighted by atomic mass is 10.2. The summed E-state index contributed by atoms with van der Waals surface area (Å²) in [4.78, 5) is 11.0. The fraction of sp³-hybridized carbons (Fsp3) is 0.500. The first-order chi connectivity index (χ1) is 8.83. The van der Waals surface area contributed by atoms with E-state index in [-0.39, 0.29) is 5.97 Å². The Bertz CT molecular complexity index is 327. The number of ether oxygens (including phenoxy) is 2. The highest BCUT2D eigenvalue weighted by Crippen LogP contribution is 1.99. The average Bonchev–Trinajstić information content (AvgIpc) is 2.39. The first-order valence-electron chi connectivity index (χ1n) is 6.31. The van der Waals surface area contributed by atoms with Gasteiger partial charge >= 0.3 is 5.97 Å². The van der Waals surface area contributed by atoms with Crippen molar-refractivity contribution in [3.8, 4) is 0 Å². The summed E-state index contributed by atoms with van der Waals surface area (Å²) in [5.41, 5.74) is 1.17. The summed E-state index contributed by atoms with van der Waals surface area (Å²) in [6, 6.07) is 10.1. The van der Waals surface area contributed by atoms with Crippen LogP contribution in [0.1, 0.15) is 18.9 Å². The number of carbonyl (C=O) groups is 1. The maximum Gasteiger partial charge on any atom is 0.307 e. The van der Waals surface area contributed by atoms with Crippen molar-refractivity contribution in [2.45, 2.75) is 20.0 Å². The molecule has 0 spiro atoms. The minimum absolute atomic E-state index is 0.157. The van der Waals surface area contributed by atoms with Crippen molar-refractivity contribution in [1.82, 2.24) is 5.32 Å². The third kappa shape index (κ3) is 7.04. The molecule has 4 heteroatoms. The summed E-state index contributed by atoms with van der Waals surface area (Å²) in [5.74, 6) is -0.157. The number of hydrogen-bond acceptors (Lipinski definition) is 4. The van der Waals surface area contributed by atoms with E-state index in [1.807, 2.05) is 37.3 Å². The highest BCUT2D eigenvalue weighted by molar-refractivity contribution is 5.69. The molecule has 18 heavy (non-hydrogen) atoms. The molecular weight excluding hydrogens is 230 g/mol. The first kappa shape index (κ1) is 14.7. The highest BCUT2D eigenvalue weighted by Gasteiger charge is 1.99. The van der Waals surface area contributed by atoms with E-state index in [4.69, 9.17) is 9.47 Å². The quantitative estimate of drug-likeness (QED) is 0.536. The van der Waals surface area contributed by atoms with Crippen molar-refractivity contribution < 1.29 is 14.3 Å². The van der Waals surface area contributed by atoms with Crippen molar-refractivity contribution >= 4 is 5.97 Å². The van der Waals surface area contributed by atoms with Crippen LogP contribution in [0.15, 0.2) is 30.3 Å². The zero-order valence-corrected chi connectivity index (χ0v) is 10.9. The maximum absolute atomic E-state index is 11.0. The van der Waals surface area contributed by atoms with E-state index in [1.165, 1.54) is 5.56 Å². The summed E-state index contributed by atoms with van der Waals surface area (Å²) >= 11 is 0. The van der Waals surface area contributed by atoms with Gasteiger partial charge in [-0.15, -0.1) is 0 Å². The van der Waals surface area contributed by atoms with Crippen LogP contribution in [0.2, 0.25) is 0 Å². The topological polar surface area (TPSA) is 47.6 Å². The predicted octanol–water partition coefficient (Wildman–Crippen LogP) is 1.75. The van der Waals surface area contributed by atoms with Gasteiger partial charge in [-0.3, -0.25) is 4.79 Å². The molecule has 0 bridgehead atoms. The molecule has 0 amide bonds. The number of hydrogen-bond donors (Lipinski definition) is 1. The van der Waals surface area contributed by atoms with E-state index >= 15 is 0 Å². The molecule has 0 fully saturated rings. The van der Waals surface area contributed by atoms with Crippen molar-refractivity contribution in [2.24, 2.45) is 0 Å². The fourth-order valence-electron chi connectivity index (χ4n) is 1.46. The Labute approximate surface area is 108 Å². The Balaban J connectivity index is 1.92. The predicted molar refractivity (Wildman–Crippen MR) is 70.2 cm³/mol. The number of esters is 1. The van der Waals surface area contributed by atoms with Gasteiger partial charge in [0.05, 0.1) is 26.2 Å². The van der Waals surface area contributed by atoms with Crippen LogP contribution in [0.4, 0.5) is 0 Å². The smallest absolute Gasteiger partial charge is 0.307 e. The van der Waals surface area contributed by atoms with Crippen LogP contribution in [0.5, 0.6) is 0 Å². The first-order valence-corrected chi connectivity index (χ1v) is 6.31. The summed E-state index contributed by atoms with van der Waals surface area (Å²) in [6.45, 7) is 4.89. The average molecular weight is 251 g/mol. The summed E-state index contributed by atoms with van der Waals surface area (Å²) < 4.78 is 10.3. The summed E-state index contributed by atoms with van der Waals surface area (Å²) in [5, 5.41) is 3.14. The van der Waals surface area contributed by atoms with Gasteiger partial charge in [0.1, 0.15) is 0 Å². The van der Waals surface area contributed by atoms with Crippen molar-refractivity contribution in [1.29, 1.82) is 0 Å². The minimum Gasteiger partial charge on any atom is -0.466 e. The lowest BCUT2D eigenvalue weighted by Crippen LogP contribution is -2.23. The van der Waals surface area contributed by atoms with Crippen molar-refractivity contribution in [2.75, 3.05) is 26.3 Å². The van der Waals surface area contributed by atoms with E-state index in [2.05, 4.69) is 5.32 Å². The van der Waals surface area contributed by atoms with Gasteiger partial charge in [-0.2, -0.15) is 0 Å². The minimum atomic E-state index is -0.157. The standard InChI is InChI=1S/C14H21NO3/c1-2-18-14(16)8-9-15-10-11-17-12-13-6-4-3-5-7-13/h3-7,15H,2,8-12H2,1H3. The van der Waals surface area contributed by atoms with Crippen LogP contribution in [-0.2, 0) is 20.9 Å². The maximum atomic E-state index is 11.0. The molecule has 0 aliphatic heterocycles. The largest absolute Gasteiger partial charge is 0.466 e. The Kier molecular flexibility index (Phi) is 7.84. The van der Waals surface area contributed by atoms with Gasteiger partial charge in [0, 0.05) is 13.1 Å². The molecule has 0 aliphatic rings. The summed E-state index contributed by atoms with van der Waals surface area (Å²) in [6.07, 6.45) is 0.409. The third-order valence-electron chi connectivity index (χ3n) is 2.35. The number of nitrogens with one attached hydrogen (secondary N) is 1. The highest BCUT2D eigenvalue weighted by atomic mass is 16.5. The number of carbonyl (C=O) groups excluding carboxylic acids is 1. The van der Waals surface area contributed by atoms with Crippen LogP contribution in [0.3, 0.4) is 0 Å². The molecule has 100 valence electrons. The van der Waals surface area contributed by atoms with Gasteiger partial charge < -0.3 is 14.8 Å². The van der Waals surface area contributed by atoms with Crippen LogP contribution in [0.25, 0.3) is 0 Å². The Morgan fingerprint density at radius 3 is 2.72 bits per heavy atom. The second kappa shape index (κ2) is 9.62. The fourth-order valence-corrected chi connectivity index (χ4v) is 1.46. The molecule has 0 saturated heterocycles. The molecule has 1 N–H and O–H groups in total. The molecule has 1 aromatic carbocycles. The van der Waals surface area contributed by atoms with Gasteiger partial charge in [0.15, 0.2) is 0 Å². The van der Waals surface area contributed by atoms with Gasteiger partial charge in [0.2, 0.25) is 0 Å². The molecule has 0 aromatic heterocycles. The van der Waals surface area contributed by atoms with E-state index in [1.54, 1.807) is 0 Å². The second-order valence-corrected chi connectivity index (χ2v) is 3.84. The molecule has 4 nitrogen and oxygen atoms in total. The van der Waals surface area contributed by atoms with Crippen molar-refractivity contribution in [3.05, 3.63) is 35.9 Å². The molecule has 0 unspecified atom stereocenters. The summed E-state index contributed by atoms with van der Waals surface area (Å²) in [7, 11) is 0. The van der Waals surface area contributed by atoms with Gasteiger partial charge in [-0.05, 0) is 12.5 Å². The lowest BCUT2D eigenvalue weighted by Gasteiger charge is -2.06. The zero-order valence-electron chi connectivity index (χ0n) is 10.9. The van der Waals surface area contributed by atoms with Gasteiger partial charge in [-0.25, -0.2) is 0 Å². The monoisotopic (exact) mass is 251 g/mol. The molecular formula is C14H21NO3. The van der Waals surface area contributed by atoms with Crippen LogP contribution in [-0.4, -0.2) is 32.3 Å². The normalized spacial score (nSPS) is 10.3. The van der Waals surface area contributed by atoms with Crippen LogP contribution in [0, 0.1) is 0 Å². The SMILES string of the molecule is CCOC(=O)CCNCCOCc1ccccc1. The zero-order chi connectivity index (χ0) is 13.1. The Hall–Kier alpha value is -1.39. The van der Waals surface area contributed by atoms with E-state index in [9.17, 15) is 4.79 Å². The molecule has 0 heterocycles. The van der Waals surface area contributed by atoms with Crippen LogP contribution >= 0.6 is 0 Å². The Morgan fingerprint density at radius 1 is 1.22 bits per heavy atom. The van der Waals surface area contributed by atoms with Gasteiger partial charge in [-0.1, -0.05) is 30.3 Å². The third-order valence-corrected chi connectivity index (χ3v) is 2.35.